The molecule has 1 rings (SSSR count). The number of aromatic nitrogens is 1. The third kappa shape index (κ3) is 3.21. The monoisotopic (exact) mass is 251 g/mol. The number of hydrogen-bond donors (Lipinski definition) is 3. The molecule has 0 saturated carbocycles. The van der Waals surface area contributed by atoms with Gasteiger partial charge in [-0.05, 0) is 6.07 Å². The number of alkyl halides is 3. The highest BCUT2D eigenvalue weighted by Gasteiger charge is 2.34. The number of nitrogen functional groups attached to an aromatic ring is 1. The van der Waals surface area contributed by atoms with Gasteiger partial charge in [0.25, 0.3) is 0 Å². The zero-order valence-corrected chi connectivity index (χ0v) is 8.28. The number of pyridine rings is 1. The largest absolute Gasteiger partial charge is 0.573 e. The van der Waals surface area contributed by atoms with Gasteiger partial charge in [-0.15, -0.1) is 13.2 Å². The van der Waals surface area contributed by atoms with Gasteiger partial charge >= 0.3 is 12.3 Å². The Bertz CT molecular complexity index is 448. The number of halogens is 3. The fraction of sp³-hybridized carbons (Fsp3) is 0.250. The van der Waals surface area contributed by atoms with Gasteiger partial charge in [0.05, 0.1) is 0 Å². The zero-order chi connectivity index (χ0) is 13.2. The van der Waals surface area contributed by atoms with Crippen LogP contribution < -0.4 is 16.2 Å². The highest BCUT2D eigenvalue weighted by atomic mass is 19.4. The molecule has 0 aromatic carbocycles. The summed E-state index contributed by atoms with van der Waals surface area (Å²) < 4.78 is 39.6. The zero-order valence-electron chi connectivity index (χ0n) is 8.28. The Labute approximate surface area is 93.0 Å². The predicted octanol–water partition coefficient (Wildman–Crippen LogP) is 0.719. The first kappa shape index (κ1) is 13.0. The third-order valence-electron chi connectivity index (χ3n) is 1.75. The van der Waals surface area contributed by atoms with Crippen molar-refractivity contribution >= 4 is 11.8 Å². The maximum absolute atomic E-state index is 12.0. The van der Waals surface area contributed by atoms with Gasteiger partial charge in [0.1, 0.15) is 5.82 Å². The van der Waals surface area contributed by atoms with E-state index in [1.807, 2.05) is 0 Å². The molecule has 1 aromatic heterocycles. The molecule has 6 nitrogen and oxygen atoms in total. The van der Waals surface area contributed by atoms with Crippen molar-refractivity contribution in [3.8, 4) is 5.75 Å². The highest BCUT2D eigenvalue weighted by molar-refractivity contribution is 5.89. The summed E-state index contributed by atoms with van der Waals surface area (Å²) in [6.45, 7) is -0.188. The van der Waals surface area contributed by atoms with Crippen LogP contribution in [0, 0.1) is 0 Å². The summed E-state index contributed by atoms with van der Waals surface area (Å²) in [5, 5.41) is 8.65. The van der Waals surface area contributed by atoms with Crippen LogP contribution >= 0.6 is 0 Å². The molecule has 0 aliphatic carbocycles. The molecule has 0 amide bonds. The quantitative estimate of drug-likeness (QED) is 0.729. The number of anilines is 1. The second-order valence-corrected chi connectivity index (χ2v) is 2.94. The van der Waals surface area contributed by atoms with Crippen molar-refractivity contribution in [1.29, 1.82) is 0 Å². The van der Waals surface area contributed by atoms with Gasteiger partial charge < -0.3 is 21.3 Å². The number of nitrogens with zero attached hydrogens (tertiary/aromatic N) is 1. The van der Waals surface area contributed by atoms with Crippen LogP contribution in [-0.4, -0.2) is 22.4 Å². The van der Waals surface area contributed by atoms with Crippen molar-refractivity contribution < 1.29 is 27.8 Å². The van der Waals surface area contributed by atoms with Crippen molar-refractivity contribution in [2.45, 2.75) is 12.9 Å². The number of carbonyl (C=O) groups is 1. The molecule has 94 valence electrons. The number of aromatic carboxylic acids is 1. The van der Waals surface area contributed by atoms with Crippen LogP contribution in [0.25, 0.3) is 0 Å². The fourth-order valence-corrected chi connectivity index (χ4v) is 1.07. The second kappa shape index (κ2) is 4.45. The molecule has 0 aliphatic rings. The minimum atomic E-state index is -5.02. The molecule has 0 bridgehead atoms. The lowest BCUT2D eigenvalue weighted by atomic mass is 10.2. The molecule has 5 N–H and O–H groups in total. The van der Waals surface area contributed by atoms with Crippen LogP contribution in [-0.2, 0) is 6.54 Å². The molecule has 0 aliphatic heterocycles. The third-order valence-corrected chi connectivity index (χ3v) is 1.75. The van der Waals surface area contributed by atoms with Gasteiger partial charge in [-0.3, -0.25) is 0 Å². The van der Waals surface area contributed by atoms with E-state index < -0.39 is 23.8 Å². The van der Waals surface area contributed by atoms with Gasteiger partial charge in [0.15, 0.2) is 11.4 Å². The molecular weight excluding hydrogens is 243 g/mol. The molecule has 1 heterocycles. The Morgan fingerprint density at radius 3 is 2.53 bits per heavy atom. The summed E-state index contributed by atoms with van der Waals surface area (Å²) in [7, 11) is 0. The van der Waals surface area contributed by atoms with E-state index in [2.05, 4.69) is 9.72 Å². The standard InChI is InChI=1S/C8H8F3N3O3/c9-8(10,11)17-4-1-3(2-12)6(13)14-5(4)7(15)16/h1H,2,12H2,(H2,13,14)(H,15,16). The first-order valence-corrected chi connectivity index (χ1v) is 4.23. The summed E-state index contributed by atoms with van der Waals surface area (Å²) in [4.78, 5) is 14.0. The van der Waals surface area contributed by atoms with Crippen LogP contribution in [0.5, 0.6) is 5.75 Å². The number of nitrogens with two attached hydrogens (primary N) is 2. The summed E-state index contributed by atoms with van der Waals surface area (Å²) in [5.41, 5.74) is 9.66. The van der Waals surface area contributed by atoms with E-state index in [1.54, 1.807) is 0 Å². The molecule has 0 fully saturated rings. The van der Waals surface area contributed by atoms with Gasteiger partial charge in [0.2, 0.25) is 0 Å². The van der Waals surface area contributed by atoms with Crippen molar-refractivity contribution in [1.82, 2.24) is 4.98 Å². The maximum Gasteiger partial charge on any atom is 0.573 e. The Balaban J connectivity index is 3.29. The molecular formula is C8H8F3N3O3. The van der Waals surface area contributed by atoms with Crippen LogP contribution in [0.4, 0.5) is 19.0 Å². The van der Waals surface area contributed by atoms with Crippen molar-refractivity contribution in [3.05, 3.63) is 17.3 Å². The first-order chi connectivity index (χ1) is 7.74. The van der Waals surface area contributed by atoms with E-state index in [1.165, 1.54) is 0 Å². The molecule has 9 heteroatoms. The molecule has 17 heavy (non-hydrogen) atoms. The Kier molecular flexibility index (Phi) is 3.42. The van der Waals surface area contributed by atoms with Crippen LogP contribution in [0.3, 0.4) is 0 Å². The van der Waals surface area contributed by atoms with Crippen molar-refractivity contribution in [3.63, 3.8) is 0 Å². The van der Waals surface area contributed by atoms with Crippen molar-refractivity contribution in [2.24, 2.45) is 5.73 Å². The fourth-order valence-electron chi connectivity index (χ4n) is 1.07. The van der Waals surface area contributed by atoms with E-state index in [-0.39, 0.29) is 17.9 Å². The number of carboxylic acids is 1. The minimum absolute atomic E-state index is 0.0641. The molecule has 0 unspecified atom stereocenters. The first-order valence-electron chi connectivity index (χ1n) is 4.23. The minimum Gasteiger partial charge on any atom is -0.476 e. The molecule has 0 saturated heterocycles. The average molecular weight is 251 g/mol. The average Bonchev–Trinajstić information content (AvgIpc) is 2.17. The Hall–Kier alpha value is -2.03. The number of ether oxygens (including phenoxy) is 1. The van der Waals surface area contributed by atoms with Gasteiger partial charge in [-0.1, -0.05) is 0 Å². The molecule has 0 spiro atoms. The van der Waals surface area contributed by atoms with Gasteiger partial charge in [0, 0.05) is 12.1 Å². The lowest BCUT2D eigenvalue weighted by Crippen LogP contribution is -2.20. The van der Waals surface area contributed by atoms with Gasteiger partial charge in [-0.2, -0.15) is 0 Å². The number of carboxylic acid groups (broad SMARTS) is 1. The van der Waals surface area contributed by atoms with E-state index in [0.717, 1.165) is 6.07 Å². The predicted molar refractivity (Wildman–Crippen MR) is 50.2 cm³/mol. The van der Waals surface area contributed by atoms with Crippen LogP contribution in [0.2, 0.25) is 0 Å². The summed E-state index contributed by atoms with van der Waals surface area (Å²) in [6, 6.07) is 0.805. The molecule has 1 aromatic rings. The van der Waals surface area contributed by atoms with Crippen LogP contribution in [0.15, 0.2) is 6.07 Å². The Morgan fingerprint density at radius 2 is 2.12 bits per heavy atom. The Morgan fingerprint density at radius 1 is 1.53 bits per heavy atom. The SMILES string of the molecule is NCc1cc(OC(F)(F)F)c(C(=O)O)nc1N. The molecule has 0 radical (unpaired) electrons. The van der Waals surface area contributed by atoms with E-state index in [9.17, 15) is 18.0 Å². The summed E-state index contributed by atoms with van der Waals surface area (Å²) in [6.07, 6.45) is -5.02. The lowest BCUT2D eigenvalue weighted by molar-refractivity contribution is -0.274. The number of hydrogen-bond acceptors (Lipinski definition) is 5. The maximum atomic E-state index is 12.0. The number of rotatable bonds is 3. The smallest absolute Gasteiger partial charge is 0.476 e. The normalized spacial score (nSPS) is 11.3. The molecule has 0 atom stereocenters. The van der Waals surface area contributed by atoms with Crippen molar-refractivity contribution in [2.75, 3.05) is 5.73 Å². The van der Waals surface area contributed by atoms with E-state index >= 15 is 0 Å². The lowest BCUT2D eigenvalue weighted by Gasteiger charge is -2.12. The highest BCUT2D eigenvalue weighted by Crippen LogP contribution is 2.28. The van der Waals surface area contributed by atoms with Crippen LogP contribution in [0.1, 0.15) is 16.1 Å². The van der Waals surface area contributed by atoms with E-state index in [4.69, 9.17) is 16.6 Å². The van der Waals surface area contributed by atoms with E-state index in [0.29, 0.717) is 0 Å². The van der Waals surface area contributed by atoms with Gasteiger partial charge in [-0.25, -0.2) is 9.78 Å². The summed E-state index contributed by atoms with van der Waals surface area (Å²) >= 11 is 0. The summed E-state index contributed by atoms with van der Waals surface area (Å²) in [5.74, 6) is -2.88. The second-order valence-electron chi connectivity index (χ2n) is 2.94. The topological polar surface area (TPSA) is 111 Å².